The first kappa shape index (κ1) is 23.1. The molecule has 0 N–H and O–H groups in total. The van der Waals surface area contributed by atoms with Gasteiger partial charge in [-0.05, 0) is 72.5 Å². The van der Waals surface area contributed by atoms with Crippen LogP contribution < -0.4 is 0 Å². The molecule has 0 bridgehead atoms. The SMILES string of the molecule is COC(=O)C1CC1c1cccc(-c2c(-c3ccsc3F)c3ccccc3n2Sc2ccc(C)cc2)c1. The van der Waals surface area contributed by atoms with Gasteiger partial charge in [-0.3, -0.25) is 8.77 Å². The molecule has 3 nitrogen and oxygen atoms in total. The molecule has 5 aromatic rings. The zero-order valence-electron chi connectivity index (χ0n) is 19.9. The number of nitrogens with zero attached hydrogens (tertiary/aromatic N) is 1. The zero-order valence-corrected chi connectivity index (χ0v) is 21.5. The molecule has 36 heavy (non-hydrogen) atoms. The number of esters is 1. The van der Waals surface area contributed by atoms with Gasteiger partial charge in [-0.15, -0.1) is 11.3 Å². The molecule has 6 rings (SSSR count). The minimum atomic E-state index is -0.191. The number of hydrogen-bond donors (Lipinski definition) is 0. The Morgan fingerprint density at radius 1 is 1.06 bits per heavy atom. The van der Waals surface area contributed by atoms with Crippen LogP contribution in [-0.2, 0) is 9.53 Å². The van der Waals surface area contributed by atoms with Crippen molar-refractivity contribution in [3.63, 3.8) is 0 Å². The Bertz CT molecular complexity index is 1580. The molecule has 1 fully saturated rings. The number of halogens is 1. The molecule has 2 heterocycles. The van der Waals surface area contributed by atoms with Gasteiger partial charge in [-0.2, -0.15) is 4.39 Å². The highest BCUT2D eigenvalue weighted by Crippen LogP contribution is 2.50. The molecule has 2 unspecified atom stereocenters. The molecule has 0 aliphatic heterocycles. The van der Waals surface area contributed by atoms with E-state index in [9.17, 15) is 4.79 Å². The number of fused-ring (bicyclic) bond motifs is 1. The molecule has 1 aliphatic rings. The molecule has 0 saturated heterocycles. The van der Waals surface area contributed by atoms with E-state index >= 15 is 4.39 Å². The molecular formula is C30H24FNO2S2. The number of ether oxygens (including phenoxy) is 1. The van der Waals surface area contributed by atoms with Crippen molar-refractivity contribution >= 4 is 40.2 Å². The molecule has 0 spiro atoms. The van der Waals surface area contributed by atoms with Crippen LogP contribution in [0.2, 0.25) is 0 Å². The van der Waals surface area contributed by atoms with Crippen molar-refractivity contribution in [3.8, 4) is 22.4 Å². The van der Waals surface area contributed by atoms with Crippen molar-refractivity contribution in [2.45, 2.75) is 24.2 Å². The molecule has 2 aromatic heterocycles. The molecule has 0 amide bonds. The number of hydrogen-bond acceptors (Lipinski definition) is 4. The molecule has 6 heteroatoms. The van der Waals surface area contributed by atoms with Gasteiger partial charge in [0.15, 0.2) is 5.13 Å². The molecule has 2 atom stereocenters. The highest BCUT2D eigenvalue weighted by atomic mass is 32.2. The fourth-order valence-corrected chi connectivity index (χ4v) is 6.54. The lowest BCUT2D eigenvalue weighted by Gasteiger charge is -2.13. The average Bonchev–Trinajstić information content (AvgIpc) is 3.51. The highest BCUT2D eigenvalue weighted by molar-refractivity contribution is 7.98. The second kappa shape index (κ2) is 9.26. The maximum Gasteiger partial charge on any atom is 0.309 e. The Kier molecular flexibility index (Phi) is 5.94. The summed E-state index contributed by atoms with van der Waals surface area (Å²) >= 11 is 2.75. The van der Waals surface area contributed by atoms with E-state index in [-0.39, 0.29) is 22.9 Å². The van der Waals surface area contributed by atoms with Crippen molar-refractivity contribution in [3.05, 3.63) is 101 Å². The molecule has 1 aliphatic carbocycles. The van der Waals surface area contributed by atoms with Crippen LogP contribution in [-0.4, -0.2) is 17.1 Å². The zero-order chi connectivity index (χ0) is 24.8. The third kappa shape index (κ3) is 4.04. The lowest BCUT2D eigenvalue weighted by Crippen LogP contribution is -2.03. The molecule has 0 radical (unpaired) electrons. The van der Waals surface area contributed by atoms with E-state index < -0.39 is 0 Å². The number of para-hydroxylation sites is 1. The molecule has 180 valence electrons. The maximum atomic E-state index is 15.1. The Hall–Kier alpha value is -3.35. The average molecular weight is 514 g/mol. The van der Waals surface area contributed by atoms with Crippen LogP contribution in [0.3, 0.4) is 0 Å². The Balaban J connectivity index is 1.57. The van der Waals surface area contributed by atoms with Gasteiger partial charge in [-0.1, -0.05) is 54.1 Å². The van der Waals surface area contributed by atoms with Gasteiger partial charge >= 0.3 is 5.97 Å². The summed E-state index contributed by atoms with van der Waals surface area (Å²) in [5, 5.41) is 2.62. The van der Waals surface area contributed by atoms with E-state index in [1.54, 1.807) is 17.3 Å². The minimum absolute atomic E-state index is 0.0909. The fraction of sp³-hybridized carbons (Fsp3) is 0.167. The van der Waals surface area contributed by atoms with Crippen LogP contribution in [0.15, 0.2) is 89.1 Å². The second-order valence-electron chi connectivity index (χ2n) is 9.14. The smallest absolute Gasteiger partial charge is 0.309 e. The van der Waals surface area contributed by atoms with Gasteiger partial charge in [0, 0.05) is 27.0 Å². The van der Waals surface area contributed by atoms with Crippen LogP contribution in [0.1, 0.15) is 23.5 Å². The summed E-state index contributed by atoms with van der Waals surface area (Å²) in [4.78, 5) is 13.2. The quantitative estimate of drug-likeness (QED) is 0.214. The fourth-order valence-electron chi connectivity index (χ4n) is 4.91. The molecular weight excluding hydrogens is 489 g/mol. The number of carbonyl (C=O) groups excluding carboxylic acids is 1. The van der Waals surface area contributed by atoms with Crippen LogP contribution in [0, 0.1) is 18.0 Å². The number of thiophene rings is 1. The van der Waals surface area contributed by atoms with Gasteiger partial charge < -0.3 is 4.74 Å². The number of methoxy groups -OCH3 is 1. The Morgan fingerprint density at radius 3 is 2.61 bits per heavy atom. The van der Waals surface area contributed by atoms with Gasteiger partial charge in [-0.25, -0.2) is 0 Å². The lowest BCUT2D eigenvalue weighted by atomic mass is 9.98. The summed E-state index contributed by atoms with van der Waals surface area (Å²) in [5.74, 6) is -0.0939. The first-order valence-corrected chi connectivity index (χ1v) is 13.5. The summed E-state index contributed by atoms with van der Waals surface area (Å²) in [6.07, 6.45) is 0.795. The van der Waals surface area contributed by atoms with Gasteiger partial charge in [0.1, 0.15) is 0 Å². The highest BCUT2D eigenvalue weighted by Gasteiger charge is 2.45. The summed E-state index contributed by atoms with van der Waals surface area (Å²) in [5.41, 5.74) is 6.80. The minimum Gasteiger partial charge on any atom is -0.469 e. The number of carbonyl (C=O) groups is 1. The third-order valence-corrected chi connectivity index (χ3v) is 8.56. The van der Waals surface area contributed by atoms with E-state index in [4.69, 9.17) is 4.74 Å². The largest absolute Gasteiger partial charge is 0.469 e. The van der Waals surface area contributed by atoms with E-state index in [1.807, 2.05) is 24.3 Å². The van der Waals surface area contributed by atoms with Crippen LogP contribution in [0.5, 0.6) is 0 Å². The monoisotopic (exact) mass is 513 g/mol. The van der Waals surface area contributed by atoms with Crippen molar-refractivity contribution in [2.24, 2.45) is 5.92 Å². The lowest BCUT2D eigenvalue weighted by molar-refractivity contribution is -0.142. The number of rotatable bonds is 6. The van der Waals surface area contributed by atoms with Crippen LogP contribution in [0.25, 0.3) is 33.3 Å². The standard InChI is InChI=1S/C30H24FNO2S2/c1-18-10-12-21(13-11-18)36-32-26-9-4-3-8-22(26)27(23-14-15-35-29(23)31)28(32)20-7-5-6-19(16-20)24-17-25(24)30(33)34-2/h3-16,24-25H,17H2,1-2H3. The number of benzene rings is 3. The topological polar surface area (TPSA) is 31.2 Å². The number of aryl methyl sites for hydroxylation is 1. The summed E-state index contributed by atoms with van der Waals surface area (Å²) in [6, 6.07) is 26.8. The van der Waals surface area contributed by atoms with Gasteiger partial charge in [0.25, 0.3) is 0 Å². The van der Waals surface area contributed by atoms with E-state index in [0.29, 0.717) is 5.56 Å². The van der Waals surface area contributed by atoms with Gasteiger partial charge in [0.2, 0.25) is 0 Å². The van der Waals surface area contributed by atoms with Crippen LogP contribution >= 0.6 is 23.3 Å². The Labute approximate surface area is 217 Å². The normalized spacial score (nSPS) is 16.9. The predicted octanol–water partition coefficient (Wildman–Crippen LogP) is 8.32. The predicted molar refractivity (Wildman–Crippen MR) is 146 cm³/mol. The van der Waals surface area contributed by atoms with E-state index in [1.165, 1.54) is 12.7 Å². The third-order valence-electron chi connectivity index (χ3n) is 6.82. The van der Waals surface area contributed by atoms with Crippen molar-refractivity contribution in [2.75, 3.05) is 7.11 Å². The maximum absolute atomic E-state index is 15.1. The number of aromatic nitrogens is 1. The molecule has 1 saturated carbocycles. The van der Waals surface area contributed by atoms with Crippen molar-refractivity contribution < 1.29 is 13.9 Å². The Morgan fingerprint density at radius 2 is 1.86 bits per heavy atom. The van der Waals surface area contributed by atoms with E-state index in [2.05, 4.69) is 65.5 Å². The molecule has 3 aromatic carbocycles. The summed E-state index contributed by atoms with van der Waals surface area (Å²) in [6.45, 7) is 2.08. The second-order valence-corrected chi connectivity index (χ2v) is 11.0. The van der Waals surface area contributed by atoms with Crippen molar-refractivity contribution in [1.82, 2.24) is 3.97 Å². The first-order chi connectivity index (χ1) is 17.5. The summed E-state index contributed by atoms with van der Waals surface area (Å²) in [7, 11) is 1.44. The van der Waals surface area contributed by atoms with Crippen LogP contribution in [0.4, 0.5) is 4.39 Å². The van der Waals surface area contributed by atoms with Crippen molar-refractivity contribution in [1.29, 1.82) is 0 Å². The van der Waals surface area contributed by atoms with Gasteiger partial charge in [0.05, 0.1) is 24.2 Å². The van der Waals surface area contributed by atoms with E-state index in [0.717, 1.165) is 55.9 Å². The summed E-state index contributed by atoms with van der Waals surface area (Å²) < 4.78 is 22.3. The first-order valence-electron chi connectivity index (χ1n) is 11.8.